The first kappa shape index (κ1) is 19.2. The van der Waals surface area contributed by atoms with Gasteiger partial charge in [0.15, 0.2) is 0 Å². The van der Waals surface area contributed by atoms with Gasteiger partial charge >= 0.3 is 12.0 Å². The molecule has 0 saturated heterocycles. The number of aliphatic carboxylic acids is 1. The van der Waals surface area contributed by atoms with Gasteiger partial charge in [0, 0.05) is 24.5 Å². The third kappa shape index (κ3) is 5.16. The van der Waals surface area contributed by atoms with Crippen LogP contribution in [0.15, 0.2) is 18.5 Å². The summed E-state index contributed by atoms with van der Waals surface area (Å²) in [6.45, 7) is 6.74. The molecule has 7 heteroatoms. The fourth-order valence-corrected chi connectivity index (χ4v) is 3.33. The Balaban J connectivity index is 1.79. The fraction of sp³-hybridized carbons (Fsp3) is 0.611. The molecule has 25 heavy (non-hydrogen) atoms. The third-order valence-corrected chi connectivity index (χ3v) is 4.85. The second kappa shape index (κ2) is 8.80. The first-order valence-electron chi connectivity index (χ1n) is 8.90. The molecule has 138 valence electrons. The van der Waals surface area contributed by atoms with E-state index >= 15 is 0 Å². The molecule has 1 aliphatic carbocycles. The normalized spacial score (nSPS) is 20.6. The third-order valence-electron chi connectivity index (χ3n) is 4.85. The van der Waals surface area contributed by atoms with Gasteiger partial charge in [-0.2, -0.15) is 0 Å². The molecular formula is C18H28N4O3. The summed E-state index contributed by atoms with van der Waals surface area (Å²) in [6.07, 6.45) is 6.03. The van der Waals surface area contributed by atoms with Gasteiger partial charge in [0.25, 0.3) is 0 Å². The first-order chi connectivity index (χ1) is 11.9. The molecule has 2 rings (SSSR count). The lowest BCUT2D eigenvalue weighted by molar-refractivity contribution is -0.139. The molecule has 1 aromatic heterocycles. The Morgan fingerprint density at radius 2 is 2.12 bits per heavy atom. The zero-order valence-electron chi connectivity index (χ0n) is 15.2. The van der Waals surface area contributed by atoms with Crippen LogP contribution in [0.2, 0.25) is 0 Å². The van der Waals surface area contributed by atoms with Gasteiger partial charge in [-0.25, -0.2) is 4.79 Å². The van der Waals surface area contributed by atoms with E-state index in [-0.39, 0.29) is 30.7 Å². The number of aromatic nitrogens is 1. The van der Waals surface area contributed by atoms with E-state index in [0.29, 0.717) is 6.54 Å². The first-order valence-corrected chi connectivity index (χ1v) is 8.90. The molecular weight excluding hydrogens is 320 g/mol. The second-order valence-corrected chi connectivity index (χ2v) is 6.55. The van der Waals surface area contributed by atoms with Crippen LogP contribution in [0, 0.1) is 0 Å². The number of nitrogens with one attached hydrogen (secondary N) is 2. The topological polar surface area (TPSA) is 94.6 Å². The highest BCUT2D eigenvalue weighted by Crippen LogP contribution is 2.25. The minimum absolute atomic E-state index is 0.0545. The van der Waals surface area contributed by atoms with Gasteiger partial charge in [-0.1, -0.05) is 13.8 Å². The molecule has 0 aromatic carbocycles. The van der Waals surface area contributed by atoms with Crippen LogP contribution < -0.4 is 10.6 Å². The highest BCUT2D eigenvalue weighted by molar-refractivity contribution is 5.75. The lowest BCUT2D eigenvalue weighted by atomic mass is 9.85. The van der Waals surface area contributed by atoms with E-state index < -0.39 is 5.97 Å². The quantitative estimate of drug-likeness (QED) is 0.667. The predicted octanol–water partition coefficient (Wildman–Crippen LogP) is 1.94. The number of carbonyl (C=O) groups excluding carboxylic acids is 1. The average Bonchev–Trinajstić information content (AvgIpc) is 2.55. The Bertz CT molecular complexity index is 602. The number of pyridine rings is 1. The van der Waals surface area contributed by atoms with Gasteiger partial charge in [-0.05, 0) is 49.9 Å². The van der Waals surface area contributed by atoms with Crippen molar-refractivity contribution in [2.45, 2.75) is 58.2 Å². The highest BCUT2D eigenvalue weighted by atomic mass is 16.4. The van der Waals surface area contributed by atoms with E-state index in [1.54, 1.807) is 6.20 Å². The van der Waals surface area contributed by atoms with Crippen molar-refractivity contribution in [3.63, 3.8) is 0 Å². The molecule has 1 atom stereocenters. The van der Waals surface area contributed by atoms with Crippen LogP contribution in [0.5, 0.6) is 0 Å². The fourth-order valence-electron chi connectivity index (χ4n) is 3.33. The van der Waals surface area contributed by atoms with E-state index in [1.165, 1.54) is 0 Å². The van der Waals surface area contributed by atoms with Crippen LogP contribution in [0.4, 0.5) is 4.79 Å². The number of urea groups is 1. The Morgan fingerprint density at radius 3 is 2.72 bits per heavy atom. The number of carboxylic acid groups (broad SMARTS) is 1. The van der Waals surface area contributed by atoms with Crippen molar-refractivity contribution in [3.8, 4) is 0 Å². The lowest BCUT2D eigenvalue weighted by Gasteiger charge is -2.42. The number of carbonyl (C=O) groups is 2. The number of hydrogen-bond donors (Lipinski definition) is 3. The number of aryl methyl sites for hydroxylation is 1. The molecule has 1 heterocycles. The van der Waals surface area contributed by atoms with Crippen LogP contribution in [-0.2, 0) is 11.2 Å². The number of nitrogens with zero attached hydrogens (tertiary/aromatic N) is 2. The van der Waals surface area contributed by atoms with Crippen molar-refractivity contribution in [1.29, 1.82) is 0 Å². The van der Waals surface area contributed by atoms with Gasteiger partial charge in [0.1, 0.15) is 0 Å². The maximum absolute atomic E-state index is 12.2. The Morgan fingerprint density at radius 1 is 1.40 bits per heavy atom. The molecule has 1 aliphatic rings. The summed E-state index contributed by atoms with van der Waals surface area (Å²) in [4.78, 5) is 29.1. The number of amides is 2. The molecule has 0 radical (unpaired) electrons. The summed E-state index contributed by atoms with van der Waals surface area (Å²) in [5.41, 5.74) is 2.21. The summed E-state index contributed by atoms with van der Waals surface area (Å²) in [6, 6.07) is 2.00. The summed E-state index contributed by atoms with van der Waals surface area (Å²) < 4.78 is 0. The molecule has 1 fully saturated rings. The van der Waals surface area contributed by atoms with Crippen LogP contribution in [-0.4, -0.2) is 52.2 Å². The molecule has 3 N–H and O–H groups in total. The highest BCUT2D eigenvalue weighted by Gasteiger charge is 2.34. The molecule has 1 unspecified atom stereocenters. The van der Waals surface area contributed by atoms with E-state index in [0.717, 1.165) is 30.4 Å². The predicted molar refractivity (Wildman–Crippen MR) is 95.4 cm³/mol. The summed E-state index contributed by atoms with van der Waals surface area (Å²) >= 11 is 0. The van der Waals surface area contributed by atoms with Gasteiger partial charge in [0.05, 0.1) is 12.6 Å². The van der Waals surface area contributed by atoms with Crippen LogP contribution >= 0.6 is 0 Å². The molecule has 1 saturated carbocycles. The molecule has 0 bridgehead atoms. The zero-order valence-corrected chi connectivity index (χ0v) is 15.2. The monoisotopic (exact) mass is 348 g/mol. The minimum Gasteiger partial charge on any atom is -0.480 e. The maximum atomic E-state index is 12.2. The van der Waals surface area contributed by atoms with Crippen molar-refractivity contribution >= 4 is 12.0 Å². The van der Waals surface area contributed by atoms with Crippen molar-refractivity contribution < 1.29 is 14.7 Å². The minimum atomic E-state index is -0.811. The van der Waals surface area contributed by atoms with E-state index in [2.05, 4.69) is 22.5 Å². The van der Waals surface area contributed by atoms with Crippen molar-refractivity contribution in [2.24, 2.45) is 0 Å². The number of likely N-dealkylation sites (N-methyl/N-ethyl adjacent to an activating group) is 1. The summed E-state index contributed by atoms with van der Waals surface area (Å²) in [5.74, 6) is -0.811. The van der Waals surface area contributed by atoms with Crippen molar-refractivity contribution in [1.82, 2.24) is 20.5 Å². The van der Waals surface area contributed by atoms with Crippen molar-refractivity contribution in [3.05, 3.63) is 29.6 Å². The summed E-state index contributed by atoms with van der Waals surface area (Å²) in [5, 5.41) is 14.9. The molecule has 0 spiro atoms. The standard InChI is InChI=1S/C18H28N4O3/c1-4-13-10-19-7-6-16(13)12(3)20-18(25)21-14-8-15(9-14)22(5-2)11-17(23)24/h6-7,10,12,14-15H,4-5,8-9,11H2,1-3H3,(H,23,24)(H2,20,21,25). The zero-order chi connectivity index (χ0) is 18.4. The number of hydrogen-bond acceptors (Lipinski definition) is 4. The van der Waals surface area contributed by atoms with Gasteiger partial charge < -0.3 is 15.7 Å². The van der Waals surface area contributed by atoms with Gasteiger partial charge in [0.2, 0.25) is 0 Å². The second-order valence-electron chi connectivity index (χ2n) is 6.55. The molecule has 7 nitrogen and oxygen atoms in total. The molecule has 0 aliphatic heterocycles. The van der Waals surface area contributed by atoms with Gasteiger partial charge in [-0.15, -0.1) is 0 Å². The molecule has 2 amide bonds. The van der Waals surface area contributed by atoms with Crippen LogP contribution in [0.3, 0.4) is 0 Å². The average molecular weight is 348 g/mol. The van der Waals surface area contributed by atoms with Crippen LogP contribution in [0.25, 0.3) is 0 Å². The Labute approximate surface area is 148 Å². The summed E-state index contributed by atoms with van der Waals surface area (Å²) in [7, 11) is 0. The van der Waals surface area contributed by atoms with Crippen LogP contribution in [0.1, 0.15) is 50.8 Å². The van der Waals surface area contributed by atoms with E-state index in [9.17, 15) is 9.59 Å². The van der Waals surface area contributed by atoms with Gasteiger partial charge in [-0.3, -0.25) is 14.7 Å². The van der Waals surface area contributed by atoms with Crippen molar-refractivity contribution in [2.75, 3.05) is 13.1 Å². The number of rotatable bonds is 8. The smallest absolute Gasteiger partial charge is 0.317 e. The van der Waals surface area contributed by atoms with E-state index in [1.807, 2.05) is 31.0 Å². The Kier molecular flexibility index (Phi) is 6.75. The lowest BCUT2D eigenvalue weighted by Crippen LogP contribution is -2.56. The van der Waals surface area contributed by atoms with E-state index in [4.69, 9.17) is 5.11 Å². The maximum Gasteiger partial charge on any atom is 0.317 e. The number of carboxylic acids is 1. The Hall–Kier alpha value is -2.15. The SMILES string of the molecule is CCc1cnccc1C(C)NC(=O)NC1CC(N(CC)CC(=O)O)C1. The molecule has 1 aromatic rings. The largest absolute Gasteiger partial charge is 0.480 e.